The lowest BCUT2D eigenvalue weighted by atomic mass is 10.1. The second-order valence-corrected chi connectivity index (χ2v) is 4.70. The number of hydrogen-bond donors (Lipinski definition) is 1. The van der Waals surface area contributed by atoms with E-state index in [2.05, 4.69) is 6.07 Å². The van der Waals surface area contributed by atoms with Crippen molar-refractivity contribution in [2.24, 2.45) is 0 Å². The molecule has 2 aromatic rings. The zero-order chi connectivity index (χ0) is 14.5. The number of nitrogens with zero attached hydrogens (tertiary/aromatic N) is 2. The van der Waals surface area contributed by atoms with Crippen molar-refractivity contribution in [1.82, 2.24) is 0 Å². The van der Waals surface area contributed by atoms with Gasteiger partial charge in [0.05, 0.1) is 17.4 Å². The summed E-state index contributed by atoms with van der Waals surface area (Å²) in [6, 6.07) is 17.5. The molecule has 0 aromatic heterocycles. The van der Waals surface area contributed by atoms with E-state index in [1.807, 2.05) is 61.3 Å². The number of hydrogen-bond acceptors (Lipinski definition) is 3. The zero-order valence-electron chi connectivity index (χ0n) is 11.7. The van der Waals surface area contributed by atoms with Gasteiger partial charge in [-0.05, 0) is 36.2 Å². The number of para-hydroxylation sites is 1. The summed E-state index contributed by atoms with van der Waals surface area (Å²) >= 11 is 0. The Morgan fingerprint density at radius 1 is 1.15 bits per heavy atom. The summed E-state index contributed by atoms with van der Waals surface area (Å²) in [6.07, 6.45) is 0.285. The summed E-state index contributed by atoms with van der Waals surface area (Å²) in [5, 5.41) is 19.0. The molecule has 0 heterocycles. The van der Waals surface area contributed by atoms with Crippen LogP contribution in [0.3, 0.4) is 0 Å². The van der Waals surface area contributed by atoms with Crippen LogP contribution in [-0.4, -0.2) is 12.2 Å². The van der Waals surface area contributed by atoms with Crippen LogP contribution in [-0.2, 0) is 0 Å². The fourth-order valence-electron chi connectivity index (χ4n) is 2.16. The van der Waals surface area contributed by atoms with Gasteiger partial charge in [-0.1, -0.05) is 31.2 Å². The molecule has 3 heteroatoms. The van der Waals surface area contributed by atoms with Crippen LogP contribution in [0.15, 0.2) is 48.5 Å². The molecule has 0 aliphatic carbocycles. The van der Waals surface area contributed by atoms with Crippen LogP contribution in [0.4, 0.5) is 11.4 Å². The van der Waals surface area contributed by atoms with Gasteiger partial charge in [-0.15, -0.1) is 0 Å². The molecule has 0 saturated carbocycles. The van der Waals surface area contributed by atoms with Crippen molar-refractivity contribution in [3.05, 3.63) is 59.7 Å². The molecule has 2 rings (SSSR count). The fraction of sp³-hybridized carbons (Fsp3) is 0.235. The maximum atomic E-state index is 9.80. The fourth-order valence-corrected chi connectivity index (χ4v) is 2.16. The van der Waals surface area contributed by atoms with Crippen molar-refractivity contribution < 1.29 is 5.11 Å². The highest BCUT2D eigenvalue weighted by atomic mass is 16.3. The molecule has 3 nitrogen and oxygen atoms in total. The molecular weight excluding hydrogens is 248 g/mol. The number of benzene rings is 2. The van der Waals surface area contributed by atoms with E-state index in [0.29, 0.717) is 12.0 Å². The number of nitriles is 1. The van der Waals surface area contributed by atoms with Crippen molar-refractivity contribution in [2.45, 2.75) is 19.4 Å². The molecular formula is C17H18N2O. The molecule has 0 spiro atoms. The van der Waals surface area contributed by atoms with Gasteiger partial charge in [-0.3, -0.25) is 0 Å². The predicted molar refractivity (Wildman–Crippen MR) is 80.9 cm³/mol. The van der Waals surface area contributed by atoms with E-state index in [-0.39, 0.29) is 0 Å². The highest BCUT2D eigenvalue weighted by molar-refractivity contribution is 5.68. The van der Waals surface area contributed by atoms with E-state index in [9.17, 15) is 5.11 Å². The summed E-state index contributed by atoms with van der Waals surface area (Å²) in [5.41, 5.74) is 3.42. The molecule has 0 aliphatic rings. The zero-order valence-corrected chi connectivity index (χ0v) is 11.7. The molecule has 0 saturated heterocycles. The Kier molecular flexibility index (Phi) is 4.39. The van der Waals surface area contributed by atoms with Crippen molar-refractivity contribution in [1.29, 1.82) is 5.26 Å². The summed E-state index contributed by atoms with van der Waals surface area (Å²) < 4.78 is 0. The smallest absolute Gasteiger partial charge is 0.101 e. The standard InChI is InChI=1S/C17H18N2O/c1-3-17(20)13-8-10-15(11-9-13)19(2)16-7-5-4-6-14(16)12-18/h4-11,17,20H,3H2,1-2H3. The second kappa shape index (κ2) is 6.23. The third-order valence-corrected chi connectivity index (χ3v) is 3.44. The first-order valence-electron chi connectivity index (χ1n) is 6.68. The van der Waals surface area contributed by atoms with E-state index >= 15 is 0 Å². The lowest BCUT2D eigenvalue weighted by Gasteiger charge is -2.21. The van der Waals surface area contributed by atoms with Crippen LogP contribution < -0.4 is 4.90 Å². The van der Waals surface area contributed by atoms with Gasteiger partial charge in [0.15, 0.2) is 0 Å². The quantitative estimate of drug-likeness (QED) is 0.916. The third kappa shape index (κ3) is 2.81. The highest BCUT2D eigenvalue weighted by Gasteiger charge is 2.10. The lowest BCUT2D eigenvalue weighted by molar-refractivity contribution is 0.173. The molecule has 0 bridgehead atoms. The van der Waals surface area contributed by atoms with Crippen LogP contribution in [0.2, 0.25) is 0 Å². The SMILES string of the molecule is CCC(O)c1ccc(N(C)c2ccccc2C#N)cc1. The van der Waals surface area contributed by atoms with Gasteiger partial charge < -0.3 is 10.0 Å². The second-order valence-electron chi connectivity index (χ2n) is 4.70. The molecule has 1 N–H and O–H groups in total. The van der Waals surface area contributed by atoms with E-state index in [1.54, 1.807) is 6.07 Å². The summed E-state index contributed by atoms with van der Waals surface area (Å²) in [5.74, 6) is 0. The molecule has 0 radical (unpaired) electrons. The van der Waals surface area contributed by atoms with Crippen molar-refractivity contribution in [3.63, 3.8) is 0 Å². The van der Waals surface area contributed by atoms with Crippen molar-refractivity contribution in [2.75, 3.05) is 11.9 Å². The average molecular weight is 266 g/mol. The first-order chi connectivity index (χ1) is 9.67. The number of aliphatic hydroxyl groups is 1. The largest absolute Gasteiger partial charge is 0.388 e. The van der Waals surface area contributed by atoms with Crippen LogP contribution in [0, 0.1) is 11.3 Å². The highest BCUT2D eigenvalue weighted by Crippen LogP contribution is 2.28. The average Bonchev–Trinajstić information content (AvgIpc) is 2.53. The molecule has 102 valence electrons. The Balaban J connectivity index is 2.30. The minimum absolute atomic E-state index is 0.416. The van der Waals surface area contributed by atoms with Crippen LogP contribution in [0.25, 0.3) is 0 Å². The Hall–Kier alpha value is -2.31. The maximum Gasteiger partial charge on any atom is 0.101 e. The predicted octanol–water partition coefficient (Wildman–Crippen LogP) is 3.77. The molecule has 20 heavy (non-hydrogen) atoms. The van der Waals surface area contributed by atoms with Crippen LogP contribution in [0.5, 0.6) is 0 Å². The number of rotatable bonds is 4. The Morgan fingerprint density at radius 3 is 2.40 bits per heavy atom. The van der Waals surface area contributed by atoms with Crippen molar-refractivity contribution >= 4 is 11.4 Å². The molecule has 0 amide bonds. The van der Waals surface area contributed by atoms with Gasteiger partial charge in [0, 0.05) is 12.7 Å². The minimum Gasteiger partial charge on any atom is -0.388 e. The van der Waals surface area contributed by atoms with Gasteiger partial charge in [0.25, 0.3) is 0 Å². The minimum atomic E-state index is -0.416. The van der Waals surface area contributed by atoms with E-state index < -0.39 is 6.10 Å². The van der Waals surface area contributed by atoms with Gasteiger partial charge in [0.1, 0.15) is 6.07 Å². The first kappa shape index (κ1) is 14.1. The van der Waals surface area contributed by atoms with Crippen LogP contribution in [0.1, 0.15) is 30.6 Å². The first-order valence-corrected chi connectivity index (χ1v) is 6.68. The van der Waals surface area contributed by atoms with E-state index in [1.165, 1.54) is 0 Å². The summed E-state index contributed by atoms with van der Waals surface area (Å²) in [6.45, 7) is 1.95. The molecule has 1 unspecified atom stereocenters. The normalized spacial score (nSPS) is 11.7. The monoisotopic (exact) mass is 266 g/mol. The van der Waals surface area contributed by atoms with Crippen molar-refractivity contribution in [3.8, 4) is 6.07 Å². The summed E-state index contributed by atoms with van der Waals surface area (Å²) in [7, 11) is 1.93. The Labute approximate surface area is 119 Å². The molecule has 0 aliphatic heterocycles. The topological polar surface area (TPSA) is 47.3 Å². The van der Waals surface area contributed by atoms with E-state index in [4.69, 9.17) is 5.26 Å². The molecule has 2 aromatic carbocycles. The van der Waals surface area contributed by atoms with Gasteiger partial charge in [-0.2, -0.15) is 5.26 Å². The third-order valence-electron chi connectivity index (χ3n) is 3.44. The summed E-state index contributed by atoms with van der Waals surface area (Å²) in [4.78, 5) is 1.97. The Morgan fingerprint density at radius 2 is 1.80 bits per heavy atom. The van der Waals surface area contributed by atoms with Crippen LogP contribution >= 0.6 is 0 Å². The van der Waals surface area contributed by atoms with E-state index in [0.717, 1.165) is 16.9 Å². The van der Waals surface area contributed by atoms with Gasteiger partial charge >= 0.3 is 0 Å². The number of aliphatic hydroxyl groups excluding tert-OH is 1. The molecule has 0 fully saturated rings. The van der Waals surface area contributed by atoms with Gasteiger partial charge in [-0.25, -0.2) is 0 Å². The Bertz CT molecular complexity index is 614. The lowest BCUT2D eigenvalue weighted by Crippen LogP contribution is -2.11. The van der Waals surface area contributed by atoms with Gasteiger partial charge in [0.2, 0.25) is 0 Å². The number of anilines is 2. The molecule has 1 atom stereocenters. The maximum absolute atomic E-state index is 9.80.